The van der Waals surface area contributed by atoms with E-state index in [2.05, 4.69) is 14.9 Å². The molecule has 1 N–H and O–H groups in total. The van der Waals surface area contributed by atoms with Crippen molar-refractivity contribution >= 4 is 11.8 Å². The molecule has 0 bridgehead atoms. The number of nitrogens with zero attached hydrogens (tertiary/aromatic N) is 3. The largest absolute Gasteiger partial charge is 0.481 e. The monoisotopic (exact) mass is 237 g/mol. The molecule has 92 valence electrons. The lowest BCUT2D eigenvalue weighted by Gasteiger charge is -2.28. The van der Waals surface area contributed by atoms with Crippen LogP contribution in [0.4, 0.5) is 5.82 Å². The van der Waals surface area contributed by atoms with Crippen LogP contribution in [0.1, 0.15) is 11.5 Å². The van der Waals surface area contributed by atoms with E-state index >= 15 is 0 Å². The molecule has 17 heavy (non-hydrogen) atoms. The third-order valence-electron chi connectivity index (χ3n) is 2.54. The molecule has 2 heterocycles. The zero-order valence-electron chi connectivity index (χ0n) is 9.72. The van der Waals surface area contributed by atoms with Crippen LogP contribution in [0.15, 0.2) is 6.07 Å². The van der Waals surface area contributed by atoms with Crippen molar-refractivity contribution in [2.45, 2.75) is 13.3 Å². The third-order valence-corrected chi connectivity index (χ3v) is 2.54. The molecule has 0 saturated carbocycles. The molecule has 1 aliphatic rings. The minimum atomic E-state index is -0.879. The summed E-state index contributed by atoms with van der Waals surface area (Å²) in [6.07, 6.45) is -0.0688. The van der Waals surface area contributed by atoms with Crippen molar-refractivity contribution in [2.24, 2.45) is 0 Å². The summed E-state index contributed by atoms with van der Waals surface area (Å²) in [7, 11) is 0. The van der Waals surface area contributed by atoms with E-state index in [-0.39, 0.29) is 6.42 Å². The summed E-state index contributed by atoms with van der Waals surface area (Å²) in [5, 5.41) is 8.77. The number of hydrogen-bond acceptors (Lipinski definition) is 5. The van der Waals surface area contributed by atoms with E-state index in [1.807, 2.05) is 0 Å². The van der Waals surface area contributed by atoms with E-state index in [0.29, 0.717) is 24.7 Å². The number of rotatable bonds is 3. The lowest BCUT2D eigenvalue weighted by molar-refractivity contribution is -0.136. The molecule has 0 spiro atoms. The van der Waals surface area contributed by atoms with Crippen molar-refractivity contribution < 1.29 is 14.6 Å². The van der Waals surface area contributed by atoms with Crippen LogP contribution in [0.25, 0.3) is 0 Å². The summed E-state index contributed by atoms with van der Waals surface area (Å²) in [6, 6.07) is 1.74. The number of carbonyl (C=O) groups is 1. The quantitative estimate of drug-likeness (QED) is 0.812. The Labute approximate surface area is 99.2 Å². The van der Waals surface area contributed by atoms with Gasteiger partial charge in [0.1, 0.15) is 11.6 Å². The second kappa shape index (κ2) is 5.09. The number of carboxylic acids is 1. The second-order valence-corrected chi connectivity index (χ2v) is 3.93. The summed E-state index contributed by atoms with van der Waals surface area (Å²) in [4.78, 5) is 21.2. The Hall–Kier alpha value is -1.69. The van der Waals surface area contributed by atoms with Crippen molar-refractivity contribution in [2.75, 3.05) is 31.2 Å². The van der Waals surface area contributed by atoms with Crippen molar-refractivity contribution in [3.05, 3.63) is 17.6 Å². The van der Waals surface area contributed by atoms with Crippen molar-refractivity contribution in [1.82, 2.24) is 9.97 Å². The van der Waals surface area contributed by atoms with Crippen LogP contribution in [0, 0.1) is 6.92 Å². The van der Waals surface area contributed by atoms with Gasteiger partial charge in [-0.3, -0.25) is 4.79 Å². The minimum absolute atomic E-state index is 0.0688. The molecule has 1 aromatic rings. The van der Waals surface area contributed by atoms with Gasteiger partial charge in [0.15, 0.2) is 0 Å². The van der Waals surface area contributed by atoms with Gasteiger partial charge in [-0.25, -0.2) is 9.97 Å². The number of aromatic nitrogens is 2. The van der Waals surface area contributed by atoms with Crippen LogP contribution in [-0.4, -0.2) is 47.3 Å². The maximum Gasteiger partial charge on any atom is 0.309 e. The van der Waals surface area contributed by atoms with Crippen LogP contribution in [0.5, 0.6) is 0 Å². The van der Waals surface area contributed by atoms with Gasteiger partial charge in [0.25, 0.3) is 0 Å². The standard InChI is InChI=1S/C11H15N3O3/c1-8-12-9(7-11(15)16)6-10(13-8)14-2-4-17-5-3-14/h6H,2-5,7H2,1H3,(H,15,16). The van der Waals surface area contributed by atoms with Crippen LogP contribution < -0.4 is 4.90 Å². The zero-order chi connectivity index (χ0) is 12.3. The van der Waals surface area contributed by atoms with Crippen LogP contribution in [0.3, 0.4) is 0 Å². The van der Waals surface area contributed by atoms with Crippen molar-refractivity contribution in [3.63, 3.8) is 0 Å². The van der Waals surface area contributed by atoms with Gasteiger partial charge in [-0.15, -0.1) is 0 Å². The predicted molar refractivity (Wildman–Crippen MR) is 61.1 cm³/mol. The van der Waals surface area contributed by atoms with E-state index in [4.69, 9.17) is 9.84 Å². The number of hydrogen-bond donors (Lipinski definition) is 1. The Morgan fingerprint density at radius 3 is 2.82 bits per heavy atom. The number of anilines is 1. The molecule has 1 aliphatic heterocycles. The van der Waals surface area contributed by atoms with Gasteiger partial charge in [-0.1, -0.05) is 0 Å². The number of aryl methyl sites for hydroxylation is 1. The van der Waals surface area contributed by atoms with Gasteiger partial charge in [-0.05, 0) is 6.92 Å². The molecule has 1 saturated heterocycles. The Morgan fingerprint density at radius 2 is 2.18 bits per heavy atom. The average molecular weight is 237 g/mol. The molecular weight excluding hydrogens is 222 g/mol. The van der Waals surface area contributed by atoms with E-state index in [1.165, 1.54) is 0 Å². The molecule has 0 aromatic carbocycles. The molecule has 0 amide bonds. The maximum atomic E-state index is 10.7. The fourth-order valence-electron chi connectivity index (χ4n) is 1.81. The Bertz CT molecular complexity index is 416. The summed E-state index contributed by atoms with van der Waals surface area (Å²) >= 11 is 0. The normalized spacial score (nSPS) is 15.9. The van der Waals surface area contributed by atoms with Crippen LogP contribution in [0.2, 0.25) is 0 Å². The molecule has 0 atom stereocenters. The van der Waals surface area contributed by atoms with Gasteiger partial charge in [0, 0.05) is 19.2 Å². The highest BCUT2D eigenvalue weighted by molar-refractivity contribution is 5.69. The fourth-order valence-corrected chi connectivity index (χ4v) is 1.81. The Morgan fingerprint density at radius 1 is 1.47 bits per heavy atom. The van der Waals surface area contributed by atoms with Crippen molar-refractivity contribution in [1.29, 1.82) is 0 Å². The second-order valence-electron chi connectivity index (χ2n) is 3.93. The molecule has 6 nitrogen and oxygen atoms in total. The fraction of sp³-hybridized carbons (Fsp3) is 0.545. The number of ether oxygens (including phenoxy) is 1. The predicted octanol–water partition coefficient (Wildman–Crippen LogP) is 0.249. The summed E-state index contributed by atoms with van der Waals surface area (Å²) in [5.41, 5.74) is 0.548. The first kappa shape index (κ1) is 11.8. The van der Waals surface area contributed by atoms with Crippen LogP contribution >= 0.6 is 0 Å². The lowest BCUT2D eigenvalue weighted by atomic mass is 10.2. The first-order chi connectivity index (χ1) is 8.15. The SMILES string of the molecule is Cc1nc(CC(=O)O)cc(N2CCOCC2)n1. The highest BCUT2D eigenvalue weighted by atomic mass is 16.5. The van der Waals surface area contributed by atoms with Gasteiger partial charge in [-0.2, -0.15) is 0 Å². The molecule has 0 unspecified atom stereocenters. The molecule has 0 radical (unpaired) electrons. The van der Waals surface area contributed by atoms with E-state index in [1.54, 1.807) is 13.0 Å². The first-order valence-corrected chi connectivity index (χ1v) is 5.54. The zero-order valence-corrected chi connectivity index (χ0v) is 9.72. The molecule has 1 fully saturated rings. The van der Waals surface area contributed by atoms with E-state index < -0.39 is 5.97 Å². The van der Waals surface area contributed by atoms with Gasteiger partial charge in [0.05, 0.1) is 25.3 Å². The van der Waals surface area contributed by atoms with E-state index in [0.717, 1.165) is 18.9 Å². The maximum absolute atomic E-state index is 10.7. The lowest BCUT2D eigenvalue weighted by Crippen LogP contribution is -2.37. The molecule has 0 aliphatic carbocycles. The summed E-state index contributed by atoms with van der Waals surface area (Å²) in [5.74, 6) is 0.512. The summed E-state index contributed by atoms with van der Waals surface area (Å²) < 4.78 is 5.27. The Kier molecular flexibility index (Phi) is 3.53. The van der Waals surface area contributed by atoms with Crippen molar-refractivity contribution in [3.8, 4) is 0 Å². The molecule has 1 aromatic heterocycles. The summed E-state index contributed by atoms with van der Waals surface area (Å²) in [6.45, 7) is 4.69. The average Bonchev–Trinajstić information content (AvgIpc) is 2.28. The molecule has 2 rings (SSSR count). The highest BCUT2D eigenvalue weighted by Crippen LogP contribution is 2.14. The number of morpholine rings is 1. The number of aliphatic carboxylic acids is 1. The first-order valence-electron chi connectivity index (χ1n) is 5.54. The topological polar surface area (TPSA) is 75.5 Å². The minimum Gasteiger partial charge on any atom is -0.481 e. The Balaban J connectivity index is 2.20. The highest BCUT2D eigenvalue weighted by Gasteiger charge is 2.14. The van der Waals surface area contributed by atoms with Crippen LogP contribution in [-0.2, 0) is 16.0 Å². The van der Waals surface area contributed by atoms with Gasteiger partial charge < -0.3 is 14.7 Å². The van der Waals surface area contributed by atoms with Gasteiger partial charge >= 0.3 is 5.97 Å². The smallest absolute Gasteiger partial charge is 0.309 e. The van der Waals surface area contributed by atoms with E-state index in [9.17, 15) is 4.79 Å². The molecular formula is C11H15N3O3. The number of carboxylic acid groups (broad SMARTS) is 1. The molecule has 6 heteroatoms. The van der Waals surface area contributed by atoms with Gasteiger partial charge in [0.2, 0.25) is 0 Å². The third kappa shape index (κ3) is 3.13.